The molecule has 0 aromatic heterocycles. The fraction of sp³-hybridized carbons (Fsp3) is 0.417. The summed E-state index contributed by atoms with van der Waals surface area (Å²) in [5, 5.41) is 2.65. The molecule has 0 bridgehead atoms. The number of carbonyl (C=O) groups excluding carboxylic acids is 1. The van der Waals surface area contributed by atoms with Crippen molar-refractivity contribution in [2.24, 2.45) is 5.73 Å². The highest BCUT2D eigenvalue weighted by atomic mass is 32.2. The maximum Gasteiger partial charge on any atom is 0.240 e. The Morgan fingerprint density at radius 3 is 2.42 bits per heavy atom. The average molecular weight is 285 g/mol. The smallest absolute Gasteiger partial charge is 0.240 e. The maximum atomic E-state index is 11.9. The van der Waals surface area contributed by atoms with Crippen LogP contribution in [0.1, 0.15) is 19.8 Å². The van der Waals surface area contributed by atoms with Crippen LogP contribution in [0.3, 0.4) is 0 Å². The van der Waals surface area contributed by atoms with Gasteiger partial charge in [-0.2, -0.15) is 0 Å². The predicted octanol–water partition coefficient (Wildman–Crippen LogP) is 0.662. The third-order valence-electron chi connectivity index (χ3n) is 2.44. The van der Waals surface area contributed by atoms with Gasteiger partial charge in [0.05, 0.1) is 4.90 Å². The van der Waals surface area contributed by atoms with Gasteiger partial charge in [-0.25, -0.2) is 13.1 Å². The van der Waals surface area contributed by atoms with Crippen molar-refractivity contribution in [2.75, 3.05) is 18.4 Å². The van der Waals surface area contributed by atoms with Gasteiger partial charge in [-0.15, -0.1) is 0 Å². The predicted molar refractivity (Wildman–Crippen MR) is 74.2 cm³/mol. The highest BCUT2D eigenvalue weighted by Gasteiger charge is 2.12. The van der Waals surface area contributed by atoms with Gasteiger partial charge in [-0.1, -0.05) is 6.92 Å². The molecule has 1 aromatic carbocycles. The minimum absolute atomic E-state index is 0.114. The van der Waals surface area contributed by atoms with Crippen molar-refractivity contribution in [1.82, 2.24) is 4.72 Å². The Balaban J connectivity index is 2.72. The van der Waals surface area contributed by atoms with E-state index in [-0.39, 0.29) is 10.8 Å². The topological polar surface area (TPSA) is 101 Å². The first-order chi connectivity index (χ1) is 8.99. The van der Waals surface area contributed by atoms with E-state index in [4.69, 9.17) is 5.73 Å². The van der Waals surface area contributed by atoms with Crippen LogP contribution < -0.4 is 15.8 Å². The molecule has 1 aromatic rings. The molecule has 0 radical (unpaired) electrons. The molecule has 4 N–H and O–H groups in total. The lowest BCUT2D eigenvalue weighted by Crippen LogP contribution is -2.26. The summed E-state index contributed by atoms with van der Waals surface area (Å²) in [6.45, 7) is 2.49. The number of amides is 1. The highest BCUT2D eigenvalue weighted by Crippen LogP contribution is 2.14. The third-order valence-corrected chi connectivity index (χ3v) is 3.92. The van der Waals surface area contributed by atoms with Crippen LogP contribution in [0.4, 0.5) is 5.69 Å². The highest BCUT2D eigenvalue weighted by molar-refractivity contribution is 7.89. The Hall–Kier alpha value is -1.44. The van der Waals surface area contributed by atoms with Crippen molar-refractivity contribution in [3.63, 3.8) is 0 Å². The normalized spacial score (nSPS) is 11.3. The van der Waals surface area contributed by atoms with E-state index in [2.05, 4.69) is 10.0 Å². The lowest BCUT2D eigenvalue weighted by atomic mass is 10.3. The van der Waals surface area contributed by atoms with Crippen molar-refractivity contribution in [3.05, 3.63) is 24.3 Å². The standard InChI is InChI=1S/C12H19N3O3S/c1-2-12(16)15-10-4-6-11(7-5-10)19(17,18)14-9-3-8-13/h4-7,14H,2-3,8-9,13H2,1H3,(H,15,16). The summed E-state index contributed by atoms with van der Waals surface area (Å²) in [5.41, 5.74) is 5.88. The van der Waals surface area contributed by atoms with E-state index in [0.717, 1.165) is 0 Å². The maximum absolute atomic E-state index is 11.9. The number of rotatable bonds is 7. The molecule has 0 unspecified atom stereocenters. The van der Waals surface area contributed by atoms with E-state index in [1.807, 2.05) is 0 Å². The minimum atomic E-state index is -3.50. The summed E-state index contributed by atoms with van der Waals surface area (Å²) in [7, 11) is -3.50. The third kappa shape index (κ3) is 4.98. The van der Waals surface area contributed by atoms with Crippen molar-refractivity contribution in [2.45, 2.75) is 24.7 Å². The zero-order chi connectivity index (χ0) is 14.3. The Bertz CT molecular complexity index is 512. The fourth-order valence-electron chi connectivity index (χ4n) is 1.36. The molecule has 19 heavy (non-hydrogen) atoms. The Labute approximate surface area is 113 Å². The minimum Gasteiger partial charge on any atom is -0.330 e. The Morgan fingerprint density at radius 1 is 1.26 bits per heavy atom. The number of anilines is 1. The number of benzene rings is 1. The van der Waals surface area contributed by atoms with Crippen molar-refractivity contribution in [3.8, 4) is 0 Å². The molecule has 0 saturated carbocycles. The van der Waals surface area contributed by atoms with Crippen LogP contribution >= 0.6 is 0 Å². The number of nitrogens with one attached hydrogen (secondary N) is 2. The molecule has 0 fully saturated rings. The van der Waals surface area contributed by atoms with Gasteiger partial charge in [0, 0.05) is 18.7 Å². The van der Waals surface area contributed by atoms with Crippen molar-refractivity contribution >= 4 is 21.6 Å². The molecule has 0 heterocycles. The van der Waals surface area contributed by atoms with Gasteiger partial charge >= 0.3 is 0 Å². The summed E-state index contributed by atoms with van der Waals surface area (Å²) < 4.78 is 26.2. The Morgan fingerprint density at radius 2 is 1.89 bits per heavy atom. The fourth-order valence-corrected chi connectivity index (χ4v) is 2.43. The zero-order valence-electron chi connectivity index (χ0n) is 10.8. The second kappa shape index (κ2) is 7.22. The number of carbonyl (C=O) groups is 1. The van der Waals surface area contributed by atoms with E-state index in [0.29, 0.717) is 31.6 Å². The van der Waals surface area contributed by atoms with Gasteiger partial charge in [-0.05, 0) is 37.2 Å². The number of hydrogen-bond donors (Lipinski definition) is 3. The monoisotopic (exact) mass is 285 g/mol. The van der Waals surface area contributed by atoms with Gasteiger partial charge in [0.25, 0.3) is 0 Å². The van der Waals surface area contributed by atoms with Gasteiger partial charge < -0.3 is 11.1 Å². The quantitative estimate of drug-likeness (QED) is 0.641. The zero-order valence-corrected chi connectivity index (χ0v) is 11.7. The lowest BCUT2D eigenvalue weighted by Gasteiger charge is -2.07. The molecule has 7 heteroatoms. The molecular formula is C12H19N3O3S. The average Bonchev–Trinajstić information content (AvgIpc) is 2.39. The first-order valence-corrected chi connectivity index (χ1v) is 7.57. The molecule has 106 valence electrons. The molecule has 0 spiro atoms. The molecule has 0 saturated heterocycles. The summed E-state index contributed by atoms with van der Waals surface area (Å²) in [6.07, 6.45) is 0.963. The van der Waals surface area contributed by atoms with Crippen LogP contribution in [0.25, 0.3) is 0 Å². The molecule has 6 nitrogen and oxygen atoms in total. The van der Waals surface area contributed by atoms with Crippen LogP contribution in [0.2, 0.25) is 0 Å². The van der Waals surface area contributed by atoms with E-state index in [1.54, 1.807) is 19.1 Å². The van der Waals surface area contributed by atoms with Crippen LogP contribution in [0.5, 0.6) is 0 Å². The van der Waals surface area contributed by atoms with E-state index < -0.39 is 10.0 Å². The second-order valence-electron chi connectivity index (χ2n) is 3.97. The van der Waals surface area contributed by atoms with Crippen LogP contribution in [0.15, 0.2) is 29.2 Å². The van der Waals surface area contributed by atoms with Gasteiger partial charge in [-0.3, -0.25) is 4.79 Å². The first kappa shape index (κ1) is 15.6. The van der Waals surface area contributed by atoms with Crippen LogP contribution in [-0.4, -0.2) is 27.4 Å². The second-order valence-corrected chi connectivity index (χ2v) is 5.73. The number of hydrogen-bond acceptors (Lipinski definition) is 4. The van der Waals surface area contributed by atoms with E-state index in [9.17, 15) is 13.2 Å². The summed E-state index contributed by atoms with van der Waals surface area (Å²) in [6, 6.07) is 6.03. The largest absolute Gasteiger partial charge is 0.330 e. The molecule has 1 amide bonds. The summed E-state index contributed by atoms with van der Waals surface area (Å²) in [5.74, 6) is -0.114. The Kier molecular flexibility index (Phi) is 5.94. The van der Waals surface area contributed by atoms with Crippen molar-refractivity contribution < 1.29 is 13.2 Å². The molecule has 0 aliphatic heterocycles. The summed E-state index contributed by atoms with van der Waals surface area (Å²) >= 11 is 0. The van der Waals surface area contributed by atoms with Gasteiger partial charge in [0.2, 0.25) is 15.9 Å². The molecular weight excluding hydrogens is 266 g/mol. The number of nitrogens with two attached hydrogens (primary N) is 1. The van der Waals surface area contributed by atoms with Crippen LogP contribution in [0, 0.1) is 0 Å². The lowest BCUT2D eigenvalue weighted by molar-refractivity contribution is -0.115. The number of sulfonamides is 1. The molecule has 0 aliphatic carbocycles. The van der Waals surface area contributed by atoms with Gasteiger partial charge in [0.15, 0.2) is 0 Å². The first-order valence-electron chi connectivity index (χ1n) is 6.09. The summed E-state index contributed by atoms with van der Waals surface area (Å²) in [4.78, 5) is 11.3. The molecule has 0 atom stereocenters. The van der Waals surface area contributed by atoms with Gasteiger partial charge in [0.1, 0.15) is 0 Å². The van der Waals surface area contributed by atoms with E-state index in [1.165, 1.54) is 12.1 Å². The SMILES string of the molecule is CCC(=O)Nc1ccc(S(=O)(=O)NCCCN)cc1. The van der Waals surface area contributed by atoms with Crippen molar-refractivity contribution in [1.29, 1.82) is 0 Å². The molecule has 0 aliphatic rings. The van der Waals surface area contributed by atoms with E-state index >= 15 is 0 Å². The molecule has 1 rings (SSSR count). The van der Waals surface area contributed by atoms with Crippen LogP contribution in [-0.2, 0) is 14.8 Å².